The molecule has 0 bridgehead atoms. The molecule has 184 valence electrons. The summed E-state index contributed by atoms with van der Waals surface area (Å²) >= 11 is 0. The highest BCUT2D eigenvalue weighted by atomic mass is 19.4. The molecule has 0 aliphatic heterocycles. The van der Waals surface area contributed by atoms with E-state index >= 15 is 0 Å². The van der Waals surface area contributed by atoms with Gasteiger partial charge in [-0.1, -0.05) is 12.1 Å². The van der Waals surface area contributed by atoms with Crippen LogP contribution in [0.3, 0.4) is 0 Å². The maximum Gasteiger partial charge on any atom is 0.416 e. The molecule has 2 aromatic heterocycles. The summed E-state index contributed by atoms with van der Waals surface area (Å²) in [4.78, 5) is 28.8. The summed E-state index contributed by atoms with van der Waals surface area (Å²) in [6.07, 6.45) is -1.20. The van der Waals surface area contributed by atoms with Crippen LogP contribution in [0.15, 0.2) is 60.8 Å². The Hall–Kier alpha value is -4.41. The molecular weight excluding hydrogens is 475 g/mol. The van der Waals surface area contributed by atoms with E-state index in [4.69, 9.17) is 4.74 Å². The van der Waals surface area contributed by atoms with Crippen molar-refractivity contribution in [1.82, 2.24) is 14.6 Å². The number of anilines is 2. The Morgan fingerprint density at radius 1 is 1.06 bits per heavy atom. The van der Waals surface area contributed by atoms with Gasteiger partial charge < -0.3 is 15.4 Å². The highest BCUT2D eigenvalue weighted by Crippen LogP contribution is 2.31. The van der Waals surface area contributed by atoms with E-state index in [0.29, 0.717) is 22.9 Å². The number of alkyl halides is 3. The van der Waals surface area contributed by atoms with E-state index < -0.39 is 17.6 Å². The fraction of sp³-hybridized carbons (Fsp3) is 0.200. The first-order chi connectivity index (χ1) is 17.2. The number of nitrogens with one attached hydrogen (secondary N) is 2. The predicted molar refractivity (Wildman–Crippen MR) is 125 cm³/mol. The second-order valence-corrected chi connectivity index (χ2v) is 8.48. The Bertz CT molecular complexity index is 1480. The number of carbonyl (C=O) groups is 2. The molecule has 11 heteroatoms. The monoisotopic (exact) mass is 495 g/mol. The standard InChI is InChI=1S/C25H20F3N5O3/c1-14-5-8-18(29-24(35)16-3-2-4-17(11-16)25(26,27)28)12-19(14)36-22-10-9-21-30-20(13-33(21)32-22)31-23(34)15-6-7-15/h2-5,8-13,15H,6-7H2,1H3,(H,29,35)(H,31,34). The van der Waals surface area contributed by atoms with Gasteiger partial charge in [0, 0.05) is 29.3 Å². The third-order valence-corrected chi connectivity index (χ3v) is 5.61. The van der Waals surface area contributed by atoms with Gasteiger partial charge in [-0.3, -0.25) is 9.59 Å². The Morgan fingerprint density at radius 2 is 1.86 bits per heavy atom. The molecule has 2 amide bonds. The maximum atomic E-state index is 13.0. The van der Waals surface area contributed by atoms with Gasteiger partial charge in [0.05, 0.1) is 11.8 Å². The number of aromatic nitrogens is 3. The third kappa shape index (κ3) is 5.14. The summed E-state index contributed by atoms with van der Waals surface area (Å²) < 4.78 is 46.3. The molecule has 0 saturated heterocycles. The first-order valence-corrected chi connectivity index (χ1v) is 11.1. The van der Waals surface area contributed by atoms with Crippen molar-refractivity contribution in [3.05, 3.63) is 77.5 Å². The average Bonchev–Trinajstić information content (AvgIpc) is 3.61. The number of imidazole rings is 1. The number of amides is 2. The number of ether oxygens (including phenoxy) is 1. The third-order valence-electron chi connectivity index (χ3n) is 5.61. The highest BCUT2D eigenvalue weighted by Gasteiger charge is 2.31. The van der Waals surface area contributed by atoms with Crippen LogP contribution in [0.5, 0.6) is 11.6 Å². The van der Waals surface area contributed by atoms with Crippen LogP contribution in [-0.2, 0) is 11.0 Å². The zero-order chi connectivity index (χ0) is 25.4. The van der Waals surface area contributed by atoms with Crippen molar-refractivity contribution in [3.8, 4) is 11.6 Å². The first kappa shape index (κ1) is 23.3. The molecule has 2 N–H and O–H groups in total. The summed E-state index contributed by atoms with van der Waals surface area (Å²) in [5.41, 5.74) is 0.583. The van der Waals surface area contributed by atoms with Crippen molar-refractivity contribution < 1.29 is 27.5 Å². The van der Waals surface area contributed by atoms with Gasteiger partial charge in [0.2, 0.25) is 11.8 Å². The quantitative estimate of drug-likeness (QED) is 0.371. The molecule has 1 fully saturated rings. The summed E-state index contributed by atoms with van der Waals surface area (Å²) in [5.74, 6) is 0.331. The summed E-state index contributed by atoms with van der Waals surface area (Å²) in [6, 6.07) is 12.4. The van der Waals surface area contributed by atoms with Crippen LogP contribution in [0.25, 0.3) is 5.65 Å². The summed E-state index contributed by atoms with van der Waals surface area (Å²) in [5, 5.41) is 9.72. The lowest BCUT2D eigenvalue weighted by molar-refractivity contribution is -0.137. The van der Waals surface area contributed by atoms with Gasteiger partial charge in [-0.2, -0.15) is 13.2 Å². The Balaban J connectivity index is 1.31. The van der Waals surface area contributed by atoms with Gasteiger partial charge >= 0.3 is 6.18 Å². The number of halogens is 3. The molecule has 1 saturated carbocycles. The second kappa shape index (κ2) is 8.99. The van der Waals surface area contributed by atoms with Gasteiger partial charge in [-0.25, -0.2) is 9.50 Å². The Morgan fingerprint density at radius 3 is 2.61 bits per heavy atom. The van der Waals surface area contributed by atoms with Crippen molar-refractivity contribution >= 4 is 29.0 Å². The lowest BCUT2D eigenvalue weighted by atomic mass is 10.1. The molecule has 0 radical (unpaired) electrons. The van der Waals surface area contributed by atoms with E-state index in [2.05, 4.69) is 20.7 Å². The van der Waals surface area contributed by atoms with E-state index in [0.717, 1.165) is 30.5 Å². The van der Waals surface area contributed by atoms with Crippen molar-refractivity contribution in [1.29, 1.82) is 0 Å². The molecule has 2 heterocycles. The number of fused-ring (bicyclic) bond motifs is 1. The lowest BCUT2D eigenvalue weighted by Crippen LogP contribution is -2.14. The topological polar surface area (TPSA) is 97.6 Å². The molecule has 1 aliphatic carbocycles. The van der Waals surface area contributed by atoms with Gasteiger partial charge in [0.25, 0.3) is 5.91 Å². The number of hydrogen-bond donors (Lipinski definition) is 2. The fourth-order valence-electron chi connectivity index (χ4n) is 3.49. The van der Waals surface area contributed by atoms with Crippen LogP contribution in [0.1, 0.15) is 34.3 Å². The minimum absolute atomic E-state index is 0.0472. The number of benzene rings is 2. The summed E-state index contributed by atoms with van der Waals surface area (Å²) in [7, 11) is 0. The minimum atomic E-state index is -4.55. The second-order valence-electron chi connectivity index (χ2n) is 8.48. The zero-order valence-electron chi connectivity index (χ0n) is 19.0. The molecule has 0 unspecified atom stereocenters. The number of carbonyl (C=O) groups excluding carboxylic acids is 2. The van der Waals surface area contributed by atoms with Gasteiger partial charge in [-0.15, -0.1) is 5.10 Å². The van der Waals surface area contributed by atoms with Crippen LogP contribution in [-0.4, -0.2) is 26.4 Å². The van der Waals surface area contributed by atoms with Crippen LogP contribution in [0, 0.1) is 12.8 Å². The van der Waals surface area contributed by atoms with Crippen LogP contribution in [0.4, 0.5) is 24.7 Å². The molecule has 4 aromatic rings. The lowest BCUT2D eigenvalue weighted by Gasteiger charge is -2.12. The van der Waals surface area contributed by atoms with E-state index in [9.17, 15) is 22.8 Å². The van der Waals surface area contributed by atoms with Crippen LogP contribution < -0.4 is 15.4 Å². The van der Waals surface area contributed by atoms with Crippen LogP contribution >= 0.6 is 0 Å². The first-order valence-electron chi connectivity index (χ1n) is 11.1. The predicted octanol–water partition coefficient (Wildman–Crippen LogP) is 5.45. The van der Waals surface area contributed by atoms with E-state index in [1.54, 1.807) is 43.5 Å². The molecule has 0 spiro atoms. The number of rotatable bonds is 6. The fourth-order valence-corrected chi connectivity index (χ4v) is 3.49. The minimum Gasteiger partial charge on any atom is -0.437 e. The van der Waals surface area contributed by atoms with Crippen molar-refractivity contribution in [2.75, 3.05) is 10.6 Å². The largest absolute Gasteiger partial charge is 0.437 e. The van der Waals surface area contributed by atoms with E-state index in [1.165, 1.54) is 16.6 Å². The highest BCUT2D eigenvalue weighted by molar-refractivity contribution is 6.04. The van der Waals surface area contributed by atoms with Crippen LogP contribution in [0.2, 0.25) is 0 Å². The van der Waals surface area contributed by atoms with E-state index in [-0.39, 0.29) is 23.3 Å². The molecule has 0 atom stereocenters. The Kier molecular flexibility index (Phi) is 5.83. The molecule has 8 nitrogen and oxygen atoms in total. The maximum absolute atomic E-state index is 13.0. The molecule has 1 aliphatic rings. The SMILES string of the molecule is Cc1ccc(NC(=O)c2cccc(C(F)(F)F)c2)cc1Oc1ccc2nc(NC(=O)C3CC3)cn2n1. The number of aryl methyl sites for hydroxylation is 1. The van der Waals surface area contributed by atoms with Crippen molar-refractivity contribution in [2.45, 2.75) is 25.9 Å². The normalized spacial score (nSPS) is 13.4. The van der Waals surface area contributed by atoms with Gasteiger partial charge in [0.1, 0.15) is 5.75 Å². The number of nitrogens with zero attached hydrogens (tertiary/aromatic N) is 3. The Labute approximate surface area is 203 Å². The van der Waals surface area contributed by atoms with Crippen molar-refractivity contribution in [3.63, 3.8) is 0 Å². The van der Waals surface area contributed by atoms with E-state index in [1.807, 2.05) is 0 Å². The smallest absolute Gasteiger partial charge is 0.416 e. The number of hydrogen-bond acceptors (Lipinski definition) is 5. The zero-order valence-corrected chi connectivity index (χ0v) is 19.0. The molecule has 2 aromatic carbocycles. The average molecular weight is 495 g/mol. The summed E-state index contributed by atoms with van der Waals surface area (Å²) in [6.45, 7) is 1.80. The molecule has 5 rings (SSSR count). The van der Waals surface area contributed by atoms with Gasteiger partial charge in [0.15, 0.2) is 11.5 Å². The molecular formula is C25H20F3N5O3. The van der Waals surface area contributed by atoms with Crippen molar-refractivity contribution in [2.24, 2.45) is 5.92 Å². The van der Waals surface area contributed by atoms with Gasteiger partial charge in [-0.05, 0) is 55.7 Å². The molecule has 36 heavy (non-hydrogen) atoms.